The van der Waals surface area contributed by atoms with E-state index in [0.29, 0.717) is 29.4 Å². The third-order valence-corrected chi connectivity index (χ3v) is 5.07. The van der Waals surface area contributed by atoms with E-state index >= 15 is 0 Å². The monoisotopic (exact) mass is 420 g/mol. The number of carbonyl (C=O) groups is 1. The van der Waals surface area contributed by atoms with Crippen LogP contribution >= 0.6 is 0 Å². The largest absolute Gasteiger partial charge is 0.321 e. The highest BCUT2D eigenvalue weighted by atomic mass is 16.1. The molecule has 0 saturated heterocycles. The number of hydrogen-bond donors (Lipinski definition) is 2. The van der Waals surface area contributed by atoms with E-state index in [1.54, 1.807) is 6.20 Å². The molecule has 2 N–H and O–H groups in total. The molecule has 2 aromatic heterocycles. The van der Waals surface area contributed by atoms with Gasteiger partial charge in [-0.05, 0) is 35.9 Å². The molecule has 0 atom stereocenters. The quantitative estimate of drug-likeness (QED) is 0.419. The van der Waals surface area contributed by atoms with Gasteiger partial charge in [-0.25, -0.2) is 4.98 Å². The van der Waals surface area contributed by atoms with Crippen molar-refractivity contribution in [2.75, 3.05) is 5.32 Å². The molecule has 0 saturated carbocycles. The van der Waals surface area contributed by atoms with Gasteiger partial charge in [0.05, 0.1) is 12.2 Å². The van der Waals surface area contributed by atoms with Crippen LogP contribution in [0.4, 0.5) is 5.69 Å². The molecule has 156 valence electrons. The van der Waals surface area contributed by atoms with Crippen molar-refractivity contribution in [3.05, 3.63) is 108 Å². The zero-order valence-electron chi connectivity index (χ0n) is 17.1. The Balaban J connectivity index is 1.34. The first-order chi connectivity index (χ1) is 15.8. The van der Waals surface area contributed by atoms with Crippen LogP contribution in [0.3, 0.4) is 0 Å². The Morgan fingerprint density at radius 1 is 0.906 bits per heavy atom. The zero-order valence-corrected chi connectivity index (χ0v) is 17.1. The molecule has 32 heavy (non-hydrogen) atoms. The number of nitrogens with zero attached hydrogens (tertiary/aromatic N) is 4. The topological polar surface area (TPSA) is 88.5 Å². The van der Waals surface area contributed by atoms with Gasteiger partial charge in [0.15, 0.2) is 11.6 Å². The van der Waals surface area contributed by atoms with E-state index in [1.807, 2.05) is 95.8 Å². The van der Waals surface area contributed by atoms with Gasteiger partial charge in [-0.15, -0.1) is 0 Å². The van der Waals surface area contributed by atoms with E-state index in [-0.39, 0.29) is 5.91 Å². The van der Waals surface area contributed by atoms with Crippen molar-refractivity contribution in [1.82, 2.24) is 25.0 Å². The van der Waals surface area contributed by atoms with E-state index < -0.39 is 0 Å². The van der Waals surface area contributed by atoms with Crippen LogP contribution in [0.25, 0.3) is 22.8 Å². The van der Waals surface area contributed by atoms with Crippen LogP contribution < -0.4 is 5.32 Å². The molecule has 3 aromatic carbocycles. The molecule has 7 nitrogen and oxygen atoms in total. The number of hydrogen-bond acceptors (Lipinski definition) is 4. The van der Waals surface area contributed by atoms with Gasteiger partial charge in [-0.3, -0.25) is 14.6 Å². The molecule has 0 spiro atoms. The summed E-state index contributed by atoms with van der Waals surface area (Å²) in [7, 11) is 0. The first kappa shape index (κ1) is 19.4. The Bertz CT molecular complexity index is 1320. The number of carbonyl (C=O) groups excluding carboxylic acids is 1. The Morgan fingerprint density at radius 3 is 2.47 bits per heavy atom. The van der Waals surface area contributed by atoms with Gasteiger partial charge in [0.2, 0.25) is 0 Å². The third-order valence-electron chi connectivity index (χ3n) is 5.07. The van der Waals surface area contributed by atoms with E-state index in [1.165, 1.54) is 0 Å². The first-order valence-electron chi connectivity index (χ1n) is 10.2. The van der Waals surface area contributed by atoms with Gasteiger partial charge in [0.1, 0.15) is 0 Å². The van der Waals surface area contributed by atoms with Gasteiger partial charge in [0.25, 0.3) is 5.91 Å². The summed E-state index contributed by atoms with van der Waals surface area (Å²) in [5.74, 6) is 1.01. The van der Waals surface area contributed by atoms with Gasteiger partial charge in [0, 0.05) is 29.1 Å². The van der Waals surface area contributed by atoms with Crippen LogP contribution in [0.5, 0.6) is 0 Å². The molecule has 0 aliphatic rings. The molecule has 0 fully saturated rings. The van der Waals surface area contributed by atoms with Gasteiger partial charge >= 0.3 is 0 Å². The molecular formula is C25H20N6O. The lowest BCUT2D eigenvalue weighted by molar-refractivity contribution is 0.102. The summed E-state index contributed by atoms with van der Waals surface area (Å²) < 4.78 is 1.84. The maximum Gasteiger partial charge on any atom is 0.255 e. The standard InChI is InChI=1S/C25H20N6O/c32-25(20-13-11-18(12-14-20)17-31-16-6-15-26-31)27-22-10-5-4-9-21(22)24-28-23(29-30-24)19-7-2-1-3-8-19/h1-16H,17H2,(H,27,32)(H,28,29,30). The molecule has 0 aliphatic heterocycles. The highest BCUT2D eigenvalue weighted by Gasteiger charge is 2.14. The van der Waals surface area contributed by atoms with Crippen molar-refractivity contribution in [3.63, 3.8) is 0 Å². The van der Waals surface area contributed by atoms with Crippen LogP contribution in [0.1, 0.15) is 15.9 Å². The minimum atomic E-state index is -0.189. The van der Waals surface area contributed by atoms with Crippen LogP contribution in [-0.2, 0) is 6.54 Å². The Labute approximate surface area is 184 Å². The fourth-order valence-corrected chi connectivity index (χ4v) is 3.43. The molecule has 5 rings (SSSR count). The van der Waals surface area contributed by atoms with Crippen LogP contribution in [0.15, 0.2) is 97.3 Å². The third kappa shape index (κ3) is 4.17. The number of nitrogens with one attached hydrogen (secondary N) is 2. The fraction of sp³-hybridized carbons (Fsp3) is 0.0400. The lowest BCUT2D eigenvalue weighted by Gasteiger charge is -2.10. The van der Waals surface area contributed by atoms with Crippen molar-refractivity contribution in [2.24, 2.45) is 0 Å². The molecule has 1 amide bonds. The second-order valence-electron chi connectivity index (χ2n) is 7.27. The first-order valence-corrected chi connectivity index (χ1v) is 10.2. The highest BCUT2D eigenvalue weighted by molar-refractivity contribution is 6.06. The number of rotatable bonds is 6. The molecular weight excluding hydrogens is 400 g/mol. The number of H-pyrrole nitrogens is 1. The van der Waals surface area contributed by atoms with Gasteiger partial charge in [-0.2, -0.15) is 10.2 Å². The summed E-state index contributed by atoms with van der Waals surface area (Å²) in [4.78, 5) is 17.5. The van der Waals surface area contributed by atoms with E-state index in [4.69, 9.17) is 0 Å². The molecule has 0 bridgehead atoms. The van der Waals surface area contributed by atoms with Crippen LogP contribution in [0.2, 0.25) is 0 Å². The normalized spacial score (nSPS) is 10.8. The molecule has 7 heteroatoms. The average Bonchev–Trinajstić information content (AvgIpc) is 3.53. The zero-order chi connectivity index (χ0) is 21.8. The lowest BCUT2D eigenvalue weighted by Crippen LogP contribution is -2.13. The fourth-order valence-electron chi connectivity index (χ4n) is 3.43. The molecule has 0 radical (unpaired) electrons. The van der Waals surface area contributed by atoms with Crippen molar-refractivity contribution >= 4 is 11.6 Å². The summed E-state index contributed by atoms with van der Waals surface area (Å²) in [6.45, 7) is 0.660. The second-order valence-corrected chi connectivity index (χ2v) is 7.27. The van der Waals surface area contributed by atoms with Crippen molar-refractivity contribution in [3.8, 4) is 22.8 Å². The minimum Gasteiger partial charge on any atom is -0.321 e. The van der Waals surface area contributed by atoms with Crippen molar-refractivity contribution < 1.29 is 4.79 Å². The molecule has 0 unspecified atom stereocenters. The number of aromatic nitrogens is 5. The van der Waals surface area contributed by atoms with E-state index in [2.05, 4.69) is 25.6 Å². The Morgan fingerprint density at radius 2 is 1.69 bits per heavy atom. The minimum absolute atomic E-state index is 0.189. The van der Waals surface area contributed by atoms with Gasteiger partial charge < -0.3 is 5.32 Å². The number of amides is 1. The molecule has 2 heterocycles. The molecule has 5 aromatic rings. The predicted molar refractivity (Wildman–Crippen MR) is 123 cm³/mol. The summed E-state index contributed by atoms with van der Waals surface area (Å²) in [6, 6.07) is 26.7. The summed E-state index contributed by atoms with van der Waals surface area (Å²) in [5.41, 5.74) is 4.00. The van der Waals surface area contributed by atoms with Crippen molar-refractivity contribution in [1.29, 1.82) is 0 Å². The Hall–Kier alpha value is -4.52. The number of anilines is 1. The SMILES string of the molecule is O=C(Nc1ccccc1-c1nc(-c2ccccc2)n[nH]1)c1ccc(Cn2cccn2)cc1. The average molecular weight is 420 g/mol. The van der Waals surface area contributed by atoms with Crippen molar-refractivity contribution in [2.45, 2.75) is 6.54 Å². The maximum atomic E-state index is 12.9. The predicted octanol–water partition coefficient (Wildman–Crippen LogP) is 4.64. The van der Waals surface area contributed by atoms with E-state index in [9.17, 15) is 4.79 Å². The summed E-state index contributed by atoms with van der Waals surface area (Å²) in [6.07, 6.45) is 3.65. The second kappa shape index (κ2) is 8.69. The lowest BCUT2D eigenvalue weighted by atomic mass is 10.1. The van der Waals surface area contributed by atoms with Crippen LogP contribution in [0, 0.1) is 0 Å². The Kier molecular flexibility index (Phi) is 5.28. The van der Waals surface area contributed by atoms with Gasteiger partial charge in [-0.1, -0.05) is 54.6 Å². The van der Waals surface area contributed by atoms with E-state index in [0.717, 1.165) is 16.7 Å². The number of aromatic amines is 1. The van der Waals surface area contributed by atoms with Crippen LogP contribution in [-0.4, -0.2) is 30.9 Å². The maximum absolute atomic E-state index is 12.9. The highest BCUT2D eigenvalue weighted by Crippen LogP contribution is 2.27. The summed E-state index contributed by atoms with van der Waals surface area (Å²) in [5, 5.41) is 14.5. The summed E-state index contributed by atoms with van der Waals surface area (Å²) >= 11 is 0. The number of para-hydroxylation sites is 1. The smallest absolute Gasteiger partial charge is 0.255 e. The number of benzene rings is 3. The molecule has 0 aliphatic carbocycles.